The molecule has 0 radical (unpaired) electrons. The predicted octanol–water partition coefficient (Wildman–Crippen LogP) is 2.82. The van der Waals surface area contributed by atoms with Gasteiger partial charge < -0.3 is 10.2 Å². The average Bonchev–Trinajstić information content (AvgIpc) is 2.42. The van der Waals surface area contributed by atoms with E-state index in [-0.39, 0.29) is 0 Å². The Balaban J connectivity index is 3.78. The Morgan fingerprint density at radius 2 is 1.74 bits per heavy atom. The van der Waals surface area contributed by atoms with Gasteiger partial charge in [0.2, 0.25) is 0 Å². The third-order valence-corrected chi connectivity index (χ3v) is 2.51. The van der Waals surface area contributed by atoms with Gasteiger partial charge in [0.05, 0.1) is 0 Å². The smallest absolute Gasteiger partial charge is 0.134 e. The van der Waals surface area contributed by atoms with E-state index < -0.39 is 12.2 Å². The third-order valence-electron chi connectivity index (χ3n) is 2.51. The lowest BCUT2D eigenvalue weighted by atomic mass is 10.1. The van der Waals surface area contributed by atoms with Crippen molar-refractivity contribution in [1.29, 1.82) is 0 Å². The summed E-state index contributed by atoms with van der Waals surface area (Å²) in [5.74, 6) is 10.2. The monoisotopic (exact) mass is 260 g/mol. The minimum Gasteiger partial charge on any atom is -0.380 e. The van der Waals surface area contributed by atoms with Crippen molar-refractivity contribution in [2.75, 3.05) is 0 Å². The van der Waals surface area contributed by atoms with Crippen molar-refractivity contribution < 1.29 is 10.2 Å². The third kappa shape index (κ3) is 12.8. The summed E-state index contributed by atoms with van der Waals surface area (Å²) in [7, 11) is 0. The van der Waals surface area contributed by atoms with Crippen LogP contribution in [0.4, 0.5) is 0 Å². The molecule has 0 bridgehead atoms. The van der Waals surface area contributed by atoms with E-state index in [2.05, 4.69) is 30.3 Å². The van der Waals surface area contributed by atoms with Crippen LogP contribution in [-0.4, -0.2) is 22.4 Å². The molecule has 2 nitrogen and oxygen atoms in total. The van der Waals surface area contributed by atoms with Gasteiger partial charge in [0.15, 0.2) is 0 Å². The molecule has 0 heterocycles. The molecule has 0 aliphatic rings. The molecule has 104 valence electrons. The fraction of sp³-hybridized carbons (Fsp3) is 0.529. The second kappa shape index (κ2) is 13.0. The largest absolute Gasteiger partial charge is 0.380 e. The lowest BCUT2D eigenvalue weighted by Crippen LogP contribution is -1.99. The molecule has 0 saturated heterocycles. The highest BCUT2D eigenvalue weighted by atomic mass is 16.3. The van der Waals surface area contributed by atoms with E-state index in [4.69, 9.17) is 5.11 Å². The minimum absolute atomic E-state index is 0.586. The molecule has 0 aliphatic carbocycles. The lowest BCUT2D eigenvalue weighted by Gasteiger charge is -1.96. The van der Waals surface area contributed by atoms with Crippen LogP contribution in [0.3, 0.4) is 0 Å². The molecule has 2 N–H and O–H groups in total. The summed E-state index contributed by atoms with van der Waals surface area (Å²) in [4.78, 5) is 0. The Bertz CT molecular complexity index is 374. The first-order chi connectivity index (χ1) is 9.20. The van der Waals surface area contributed by atoms with Crippen LogP contribution in [-0.2, 0) is 0 Å². The van der Waals surface area contributed by atoms with Gasteiger partial charge >= 0.3 is 0 Å². The summed E-state index contributed by atoms with van der Waals surface area (Å²) in [6, 6.07) is 0. The summed E-state index contributed by atoms with van der Waals surface area (Å²) < 4.78 is 0. The summed E-state index contributed by atoms with van der Waals surface area (Å²) in [5, 5.41) is 18.7. The van der Waals surface area contributed by atoms with E-state index >= 15 is 0 Å². The number of unbranched alkanes of at least 4 members (excludes halogenated alkanes) is 4. The normalized spacial score (nSPS) is 13.0. The van der Waals surface area contributed by atoms with Crippen molar-refractivity contribution in [2.45, 2.75) is 57.7 Å². The number of aliphatic hydroxyl groups is 2. The van der Waals surface area contributed by atoms with Crippen molar-refractivity contribution in [3.8, 4) is 23.7 Å². The van der Waals surface area contributed by atoms with E-state index in [0.29, 0.717) is 6.42 Å². The average molecular weight is 260 g/mol. The summed E-state index contributed by atoms with van der Waals surface area (Å²) in [6.07, 6.45) is 10.2. The molecule has 0 saturated carbocycles. The summed E-state index contributed by atoms with van der Waals surface area (Å²) in [5.41, 5.74) is 0. The quantitative estimate of drug-likeness (QED) is 0.400. The van der Waals surface area contributed by atoms with Crippen LogP contribution in [0.5, 0.6) is 0 Å². The first kappa shape index (κ1) is 17.5. The van der Waals surface area contributed by atoms with Gasteiger partial charge in [-0.3, -0.25) is 0 Å². The SMILES string of the molecule is C=CCCCCC/C=C\[C@H](O)C#CC#C[C@@H](O)CC. The molecule has 0 aromatic heterocycles. The van der Waals surface area contributed by atoms with E-state index in [9.17, 15) is 5.11 Å². The highest BCUT2D eigenvalue weighted by molar-refractivity contribution is 5.29. The number of rotatable bonds is 8. The van der Waals surface area contributed by atoms with Gasteiger partial charge in [0.25, 0.3) is 0 Å². The van der Waals surface area contributed by atoms with Gasteiger partial charge in [-0.25, -0.2) is 0 Å². The standard InChI is InChI=1S/C17H24O2/c1-3-5-6-7-8-9-10-14-17(19)15-12-11-13-16(18)4-2/h3,10,14,16-19H,1,4-9H2,2H3/b14-10-/t16-,17-/m0/s1. The van der Waals surface area contributed by atoms with Gasteiger partial charge in [-0.2, -0.15) is 0 Å². The number of hydrogen-bond acceptors (Lipinski definition) is 2. The van der Waals surface area contributed by atoms with Crippen LogP contribution in [0.2, 0.25) is 0 Å². The molecule has 0 spiro atoms. The van der Waals surface area contributed by atoms with E-state index in [1.54, 1.807) is 6.08 Å². The van der Waals surface area contributed by atoms with Crippen LogP contribution in [0.15, 0.2) is 24.8 Å². The van der Waals surface area contributed by atoms with Crippen LogP contribution in [0.1, 0.15) is 45.4 Å². The van der Waals surface area contributed by atoms with E-state index in [1.807, 2.05) is 19.1 Å². The first-order valence-electron chi connectivity index (χ1n) is 6.85. The van der Waals surface area contributed by atoms with E-state index in [0.717, 1.165) is 19.3 Å². The number of allylic oxidation sites excluding steroid dienone is 2. The van der Waals surface area contributed by atoms with Gasteiger partial charge in [0.1, 0.15) is 12.2 Å². The molecule has 0 rings (SSSR count). The molecule has 2 atom stereocenters. The zero-order valence-corrected chi connectivity index (χ0v) is 11.7. The number of hydrogen-bond donors (Lipinski definition) is 2. The van der Waals surface area contributed by atoms with Crippen molar-refractivity contribution >= 4 is 0 Å². The maximum atomic E-state index is 9.51. The summed E-state index contributed by atoms with van der Waals surface area (Å²) >= 11 is 0. The molecule has 0 amide bonds. The maximum Gasteiger partial charge on any atom is 0.134 e. The molecular formula is C17H24O2. The van der Waals surface area contributed by atoms with E-state index in [1.165, 1.54) is 12.8 Å². The van der Waals surface area contributed by atoms with Gasteiger partial charge in [-0.15, -0.1) is 6.58 Å². The molecule has 19 heavy (non-hydrogen) atoms. The molecule has 0 unspecified atom stereocenters. The number of aliphatic hydroxyl groups excluding tert-OH is 2. The Hall–Kier alpha value is -1.48. The highest BCUT2D eigenvalue weighted by Gasteiger charge is 1.91. The zero-order valence-electron chi connectivity index (χ0n) is 11.7. The van der Waals surface area contributed by atoms with Crippen LogP contribution in [0.25, 0.3) is 0 Å². The van der Waals surface area contributed by atoms with Gasteiger partial charge in [-0.05, 0) is 50.0 Å². The maximum absolute atomic E-state index is 9.51. The fourth-order valence-electron chi connectivity index (χ4n) is 1.33. The topological polar surface area (TPSA) is 40.5 Å². The predicted molar refractivity (Wildman–Crippen MR) is 80.3 cm³/mol. The zero-order chi connectivity index (χ0) is 14.3. The van der Waals surface area contributed by atoms with Crippen molar-refractivity contribution in [3.05, 3.63) is 24.8 Å². The Kier molecular flexibility index (Phi) is 12.0. The van der Waals surface area contributed by atoms with Crippen LogP contribution >= 0.6 is 0 Å². The fourth-order valence-corrected chi connectivity index (χ4v) is 1.33. The molecule has 0 fully saturated rings. The van der Waals surface area contributed by atoms with Crippen LogP contribution in [0, 0.1) is 23.7 Å². The lowest BCUT2D eigenvalue weighted by molar-refractivity contribution is 0.228. The van der Waals surface area contributed by atoms with Crippen molar-refractivity contribution in [1.82, 2.24) is 0 Å². The first-order valence-corrected chi connectivity index (χ1v) is 6.85. The van der Waals surface area contributed by atoms with Crippen molar-refractivity contribution in [2.24, 2.45) is 0 Å². The Labute approximate surface area is 117 Å². The molecular weight excluding hydrogens is 236 g/mol. The van der Waals surface area contributed by atoms with Crippen LogP contribution < -0.4 is 0 Å². The molecule has 0 aromatic carbocycles. The Morgan fingerprint density at radius 1 is 1.05 bits per heavy atom. The molecule has 2 heteroatoms. The minimum atomic E-state index is -0.777. The molecule has 0 aromatic rings. The Morgan fingerprint density at radius 3 is 2.42 bits per heavy atom. The summed E-state index contributed by atoms with van der Waals surface area (Å²) in [6.45, 7) is 5.53. The van der Waals surface area contributed by atoms with Crippen molar-refractivity contribution in [3.63, 3.8) is 0 Å². The van der Waals surface area contributed by atoms with Gasteiger partial charge in [0, 0.05) is 0 Å². The second-order valence-electron chi connectivity index (χ2n) is 4.26. The van der Waals surface area contributed by atoms with Gasteiger partial charge in [-0.1, -0.05) is 37.3 Å². The second-order valence-corrected chi connectivity index (χ2v) is 4.26. The highest BCUT2D eigenvalue weighted by Crippen LogP contribution is 2.04. The molecule has 0 aliphatic heterocycles.